The van der Waals surface area contributed by atoms with Crippen LogP contribution in [-0.4, -0.2) is 20.7 Å². The number of carbonyl (C=O) groups is 1. The molecule has 0 saturated carbocycles. The van der Waals surface area contributed by atoms with E-state index in [-0.39, 0.29) is 17.2 Å². The van der Waals surface area contributed by atoms with Crippen molar-refractivity contribution in [2.45, 2.75) is 18.7 Å². The number of benzene rings is 2. The third-order valence-corrected chi connectivity index (χ3v) is 5.17. The van der Waals surface area contributed by atoms with E-state index in [4.69, 9.17) is 0 Å². The van der Waals surface area contributed by atoms with Gasteiger partial charge in [-0.15, -0.1) is 0 Å². The molecule has 0 aliphatic rings. The molecular formula is C16H16FNO3S. The number of hydrogen-bond donors (Lipinski definition) is 0. The van der Waals surface area contributed by atoms with Gasteiger partial charge in [-0.25, -0.2) is 12.8 Å². The maximum Gasteiger partial charge on any atom is 0.264 e. The molecule has 0 saturated heterocycles. The van der Waals surface area contributed by atoms with Gasteiger partial charge in [-0.3, -0.25) is 9.10 Å². The molecule has 0 amide bonds. The number of rotatable bonds is 5. The molecule has 0 fully saturated rings. The topological polar surface area (TPSA) is 54.5 Å². The Morgan fingerprint density at radius 1 is 1.05 bits per heavy atom. The summed E-state index contributed by atoms with van der Waals surface area (Å²) in [5, 5.41) is 0. The number of hydrogen-bond acceptors (Lipinski definition) is 3. The average Bonchev–Trinajstić information content (AvgIpc) is 2.50. The van der Waals surface area contributed by atoms with Gasteiger partial charge in [-0.1, -0.05) is 12.1 Å². The number of halogens is 1. The predicted molar refractivity (Wildman–Crippen MR) is 83.1 cm³/mol. The van der Waals surface area contributed by atoms with Gasteiger partial charge >= 0.3 is 0 Å². The van der Waals surface area contributed by atoms with Crippen LogP contribution < -0.4 is 4.31 Å². The van der Waals surface area contributed by atoms with Crippen molar-refractivity contribution in [3.63, 3.8) is 0 Å². The van der Waals surface area contributed by atoms with Crippen molar-refractivity contribution >= 4 is 21.5 Å². The van der Waals surface area contributed by atoms with E-state index in [0.717, 1.165) is 0 Å². The smallest absolute Gasteiger partial charge is 0.264 e. The first-order chi connectivity index (χ1) is 10.4. The van der Waals surface area contributed by atoms with E-state index < -0.39 is 15.8 Å². The minimum atomic E-state index is -3.76. The van der Waals surface area contributed by atoms with Gasteiger partial charge in [-0.2, -0.15) is 0 Å². The lowest BCUT2D eigenvalue weighted by Gasteiger charge is -2.23. The van der Waals surface area contributed by atoms with E-state index in [2.05, 4.69) is 0 Å². The van der Waals surface area contributed by atoms with Crippen LogP contribution in [0.2, 0.25) is 0 Å². The Balaban J connectivity index is 2.42. The maximum absolute atomic E-state index is 13.0. The van der Waals surface area contributed by atoms with Crippen molar-refractivity contribution in [1.82, 2.24) is 0 Å². The second kappa shape index (κ2) is 6.27. The summed E-state index contributed by atoms with van der Waals surface area (Å²) in [4.78, 5) is 11.3. The third-order valence-electron chi connectivity index (χ3n) is 3.25. The second-order valence-electron chi connectivity index (χ2n) is 4.73. The van der Waals surface area contributed by atoms with Crippen LogP contribution in [-0.2, 0) is 10.0 Å². The van der Waals surface area contributed by atoms with Crippen LogP contribution in [0, 0.1) is 5.82 Å². The summed E-state index contributed by atoms with van der Waals surface area (Å²) < 4.78 is 39.5. The summed E-state index contributed by atoms with van der Waals surface area (Å²) in [6.07, 6.45) is 0. The fraction of sp³-hybridized carbons (Fsp3) is 0.188. The number of nitrogens with zero attached hydrogens (tertiary/aromatic N) is 1. The Bertz CT molecular complexity index is 768. The zero-order valence-corrected chi connectivity index (χ0v) is 13.1. The van der Waals surface area contributed by atoms with Gasteiger partial charge in [-0.05, 0) is 50.2 Å². The molecule has 2 rings (SSSR count). The minimum Gasteiger partial charge on any atom is -0.295 e. The predicted octanol–water partition coefficient (Wildman–Crippen LogP) is 3.24. The molecule has 0 spiro atoms. The van der Waals surface area contributed by atoms with Crippen LogP contribution >= 0.6 is 0 Å². The molecule has 0 aliphatic heterocycles. The maximum atomic E-state index is 13.0. The van der Waals surface area contributed by atoms with Crippen LogP contribution in [0.5, 0.6) is 0 Å². The molecule has 2 aromatic rings. The molecular weight excluding hydrogens is 305 g/mol. The summed E-state index contributed by atoms with van der Waals surface area (Å²) in [5.74, 6) is -0.558. The SMILES string of the molecule is CCN(c1ccc(F)cc1)S(=O)(=O)c1ccc(C(C)=O)cc1. The van der Waals surface area contributed by atoms with E-state index in [1.54, 1.807) is 6.92 Å². The molecule has 116 valence electrons. The highest BCUT2D eigenvalue weighted by molar-refractivity contribution is 7.92. The summed E-state index contributed by atoms with van der Waals surface area (Å²) in [6.45, 7) is 3.33. The molecule has 6 heteroatoms. The number of Topliss-reactive ketones (excluding diaryl/α,β-unsaturated/α-hetero) is 1. The highest BCUT2D eigenvalue weighted by Crippen LogP contribution is 2.24. The monoisotopic (exact) mass is 321 g/mol. The standard InChI is InChI=1S/C16H16FNO3S/c1-3-18(15-8-6-14(17)7-9-15)22(20,21)16-10-4-13(5-11-16)12(2)19/h4-11H,3H2,1-2H3. The lowest BCUT2D eigenvalue weighted by Crippen LogP contribution is -2.30. The molecule has 22 heavy (non-hydrogen) atoms. The van der Waals surface area contributed by atoms with Crippen LogP contribution in [0.1, 0.15) is 24.2 Å². The lowest BCUT2D eigenvalue weighted by molar-refractivity contribution is 0.101. The zero-order chi connectivity index (χ0) is 16.3. The van der Waals surface area contributed by atoms with E-state index in [9.17, 15) is 17.6 Å². The Kier molecular flexibility index (Phi) is 4.61. The molecule has 4 nitrogen and oxygen atoms in total. The van der Waals surface area contributed by atoms with Crippen molar-refractivity contribution in [1.29, 1.82) is 0 Å². The summed E-state index contributed by atoms with van der Waals surface area (Å²) in [7, 11) is -3.76. The van der Waals surface area contributed by atoms with Gasteiger partial charge in [0.15, 0.2) is 5.78 Å². The Labute approximate surface area is 129 Å². The number of carbonyl (C=O) groups excluding carboxylic acids is 1. The van der Waals surface area contributed by atoms with Crippen molar-refractivity contribution in [3.05, 3.63) is 59.9 Å². The van der Waals surface area contributed by atoms with Crippen molar-refractivity contribution < 1.29 is 17.6 Å². The van der Waals surface area contributed by atoms with E-state index >= 15 is 0 Å². The normalized spacial score (nSPS) is 11.2. The molecule has 0 radical (unpaired) electrons. The number of sulfonamides is 1. The fourth-order valence-corrected chi connectivity index (χ4v) is 3.56. The molecule has 2 aromatic carbocycles. The lowest BCUT2D eigenvalue weighted by atomic mass is 10.2. The van der Waals surface area contributed by atoms with E-state index in [1.165, 1.54) is 59.8 Å². The van der Waals surface area contributed by atoms with Gasteiger partial charge in [0.1, 0.15) is 5.82 Å². The largest absolute Gasteiger partial charge is 0.295 e. The first-order valence-corrected chi connectivity index (χ1v) is 8.19. The van der Waals surface area contributed by atoms with Crippen LogP contribution in [0.15, 0.2) is 53.4 Å². The van der Waals surface area contributed by atoms with E-state index in [1.807, 2.05) is 0 Å². The number of anilines is 1. The van der Waals surface area contributed by atoms with Gasteiger partial charge in [0.2, 0.25) is 0 Å². The van der Waals surface area contributed by atoms with Crippen LogP contribution in [0.4, 0.5) is 10.1 Å². The minimum absolute atomic E-state index is 0.0867. The molecule has 0 N–H and O–H groups in total. The first-order valence-electron chi connectivity index (χ1n) is 6.75. The molecule has 0 unspecified atom stereocenters. The van der Waals surface area contributed by atoms with Crippen molar-refractivity contribution in [2.75, 3.05) is 10.8 Å². The highest BCUT2D eigenvalue weighted by atomic mass is 32.2. The Morgan fingerprint density at radius 2 is 1.59 bits per heavy atom. The average molecular weight is 321 g/mol. The molecule has 0 heterocycles. The van der Waals surface area contributed by atoms with E-state index in [0.29, 0.717) is 11.3 Å². The van der Waals surface area contributed by atoms with Crippen molar-refractivity contribution in [3.8, 4) is 0 Å². The molecule has 0 bridgehead atoms. The van der Waals surface area contributed by atoms with Crippen molar-refractivity contribution in [2.24, 2.45) is 0 Å². The first kappa shape index (κ1) is 16.2. The third kappa shape index (κ3) is 3.17. The summed E-state index contributed by atoms with van der Waals surface area (Å²) in [5.41, 5.74) is 0.836. The Hall–Kier alpha value is -2.21. The van der Waals surface area contributed by atoms with Gasteiger partial charge < -0.3 is 0 Å². The number of ketones is 1. The van der Waals surface area contributed by atoms with Gasteiger partial charge in [0, 0.05) is 12.1 Å². The van der Waals surface area contributed by atoms with Crippen LogP contribution in [0.3, 0.4) is 0 Å². The molecule has 0 atom stereocenters. The van der Waals surface area contributed by atoms with Crippen LogP contribution in [0.25, 0.3) is 0 Å². The summed E-state index contributed by atoms with van der Waals surface area (Å²) >= 11 is 0. The van der Waals surface area contributed by atoms with Gasteiger partial charge in [0.25, 0.3) is 10.0 Å². The fourth-order valence-electron chi connectivity index (χ4n) is 2.09. The zero-order valence-electron chi connectivity index (χ0n) is 12.3. The molecule has 0 aliphatic carbocycles. The molecule has 0 aromatic heterocycles. The quantitative estimate of drug-likeness (QED) is 0.794. The second-order valence-corrected chi connectivity index (χ2v) is 6.59. The van der Waals surface area contributed by atoms with Gasteiger partial charge in [0.05, 0.1) is 10.6 Å². The summed E-state index contributed by atoms with van der Waals surface area (Å²) in [6, 6.07) is 11.0. The Morgan fingerprint density at radius 3 is 2.05 bits per heavy atom. The highest BCUT2D eigenvalue weighted by Gasteiger charge is 2.23.